The first-order valence-electron chi connectivity index (χ1n) is 6.70. The molecule has 0 amide bonds. The Morgan fingerprint density at radius 1 is 1.19 bits per heavy atom. The number of hydrogen-bond acceptors (Lipinski definition) is 5. The smallest absolute Gasteiger partial charge is 0.219 e. The van der Waals surface area contributed by atoms with Gasteiger partial charge in [-0.25, -0.2) is 4.98 Å². The molecule has 1 heterocycles. The summed E-state index contributed by atoms with van der Waals surface area (Å²) in [4.78, 5) is 4.15. The predicted octanol–water partition coefficient (Wildman–Crippen LogP) is 2.70. The first-order valence-corrected chi connectivity index (χ1v) is 6.70. The van der Waals surface area contributed by atoms with Gasteiger partial charge in [-0.15, -0.1) is 0 Å². The van der Waals surface area contributed by atoms with Crippen LogP contribution in [0.15, 0.2) is 36.5 Å². The van der Waals surface area contributed by atoms with Gasteiger partial charge in [-0.05, 0) is 25.1 Å². The Kier molecular flexibility index (Phi) is 5.00. The molecule has 2 N–H and O–H groups in total. The number of rotatable bonds is 6. The van der Waals surface area contributed by atoms with Gasteiger partial charge in [0.25, 0.3) is 0 Å². The number of nitrogens with two attached hydrogens (primary N) is 1. The zero-order valence-electron chi connectivity index (χ0n) is 12.5. The number of ether oxygens (including phenoxy) is 3. The highest BCUT2D eigenvalue weighted by molar-refractivity contribution is 5.42. The maximum Gasteiger partial charge on any atom is 0.219 e. The lowest BCUT2D eigenvalue weighted by Gasteiger charge is -2.16. The van der Waals surface area contributed by atoms with Crippen molar-refractivity contribution in [2.75, 3.05) is 14.2 Å². The monoisotopic (exact) mass is 288 g/mol. The minimum Gasteiger partial charge on any atom is -0.497 e. The summed E-state index contributed by atoms with van der Waals surface area (Å²) in [6.07, 6.45) is 1.68. The van der Waals surface area contributed by atoms with Gasteiger partial charge in [0, 0.05) is 23.9 Å². The van der Waals surface area contributed by atoms with Crippen LogP contribution in [0.3, 0.4) is 0 Å². The Morgan fingerprint density at radius 3 is 2.67 bits per heavy atom. The fraction of sp³-hybridized carbons (Fsp3) is 0.312. The van der Waals surface area contributed by atoms with Gasteiger partial charge in [0.05, 0.1) is 19.8 Å². The van der Waals surface area contributed by atoms with Crippen molar-refractivity contribution in [2.24, 2.45) is 5.73 Å². The van der Waals surface area contributed by atoms with Crippen LogP contribution in [0.2, 0.25) is 0 Å². The maximum absolute atomic E-state index is 5.97. The van der Waals surface area contributed by atoms with E-state index in [-0.39, 0.29) is 6.04 Å². The van der Waals surface area contributed by atoms with Crippen molar-refractivity contribution < 1.29 is 14.2 Å². The van der Waals surface area contributed by atoms with E-state index in [1.54, 1.807) is 20.4 Å². The van der Waals surface area contributed by atoms with E-state index < -0.39 is 0 Å². The minimum absolute atomic E-state index is 0.123. The lowest BCUT2D eigenvalue weighted by Crippen LogP contribution is -2.09. The molecule has 0 spiro atoms. The van der Waals surface area contributed by atoms with Crippen molar-refractivity contribution in [2.45, 2.75) is 19.6 Å². The molecule has 0 aliphatic heterocycles. The molecular formula is C16H20N2O3. The predicted molar refractivity (Wildman–Crippen MR) is 80.7 cm³/mol. The topological polar surface area (TPSA) is 66.6 Å². The van der Waals surface area contributed by atoms with Crippen molar-refractivity contribution in [3.05, 3.63) is 47.7 Å². The van der Waals surface area contributed by atoms with E-state index in [9.17, 15) is 0 Å². The van der Waals surface area contributed by atoms with E-state index in [1.165, 1.54) is 0 Å². The lowest BCUT2D eigenvalue weighted by molar-refractivity contribution is 0.288. The minimum atomic E-state index is -0.123. The summed E-state index contributed by atoms with van der Waals surface area (Å²) >= 11 is 0. The summed E-state index contributed by atoms with van der Waals surface area (Å²) in [5.41, 5.74) is 7.78. The van der Waals surface area contributed by atoms with Crippen LogP contribution in [0.5, 0.6) is 17.4 Å². The van der Waals surface area contributed by atoms with E-state index in [2.05, 4.69) is 4.98 Å². The molecule has 0 fully saturated rings. The number of pyridine rings is 1. The molecule has 1 aromatic carbocycles. The van der Waals surface area contributed by atoms with Gasteiger partial charge in [0.2, 0.25) is 5.88 Å². The van der Waals surface area contributed by atoms with Gasteiger partial charge in [0.1, 0.15) is 18.1 Å². The first-order chi connectivity index (χ1) is 10.2. The SMILES string of the molecule is COc1ccc([C@H](C)N)c(OCc2cccnc2OC)c1. The molecule has 0 saturated carbocycles. The number of methoxy groups -OCH3 is 2. The Bertz CT molecular complexity index is 600. The van der Waals surface area contributed by atoms with Crippen molar-refractivity contribution >= 4 is 0 Å². The van der Waals surface area contributed by atoms with E-state index in [4.69, 9.17) is 19.9 Å². The number of hydrogen-bond donors (Lipinski definition) is 1. The molecule has 21 heavy (non-hydrogen) atoms. The maximum atomic E-state index is 5.97. The summed E-state index contributed by atoms with van der Waals surface area (Å²) in [6, 6.07) is 9.26. The average molecular weight is 288 g/mol. The molecule has 2 rings (SSSR count). The van der Waals surface area contributed by atoms with E-state index in [1.807, 2.05) is 37.3 Å². The van der Waals surface area contributed by atoms with Gasteiger partial charge < -0.3 is 19.9 Å². The third-order valence-electron chi connectivity index (χ3n) is 3.14. The van der Waals surface area contributed by atoms with E-state index in [0.717, 1.165) is 16.9 Å². The van der Waals surface area contributed by atoms with Gasteiger partial charge in [0.15, 0.2) is 0 Å². The third-order valence-corrected chi connectivity index (χ3v) is 3.14. The van der Waals surface area contributed by atoms with Gasteiger partial charge >= 0.3 is 0 Å². The Morgan fingerprint density at radius 2 is 2.00 bits per heavy atom. The molecule has 0 saturated heterocycles. The van der Waals surface area contributed by atoms with E-state index >= 15 is 0 Å². The van der Waals surface area contributed by atoms with Crippen molar-refractivity contribution in [3.63, 3.8) is 0 Å². The number of nitrogens with zero attached hydrogens (tertiary/aromatic N) is 1. The van der Waals surface area contributed by atoms with Crippen LogP contribution in [0.4, 0.5) is 0 Å². The van der Waals surface area contributed by atoms with Crippen molar-refractivity contribution in [1.82, 2.24) is 4.98 Å². The molecule has 2 aromatic rings. The second-order valence-electron chi connectivity index (χ2n) is 4.65. The summed E-state index contributed by atoms with van der Waals surface area (Å²) in [6.45, 7) is 2.27. The molecule has 0 aliphatic rings. The van der Waals surface area contributed by atoms with Crippen LogP contribution in [-0.4, -0.2) is 19.2 Å². The van der Waals surface area contributed by atoms with Crippen LogP contribution in [0, 0.1) is 0 Å². The quantitative estimate of drug-likeness (QED) is 0.885. The summed E-state index contributed by atoms with van der Waals surface area (Å²) in [7, 11) is 3.21. The van der Waals surface area contributed by atoms with Crippen molar-refractivity contribution in [3.8, 4) is 17.4 Å². The summed E-state index contributed by atoms with van der Waals surface area (Å²) in [5.74, 6) is 1.99. The third kappa shape index (κ3) is 3.64. The van der Waals surface area contributed by atoms with Crippen LogP contribution < -0.4 is 19.9 Å². The molecule has 0 aliphatic carbocycles. The molecule has 5 nitrogen and oxygen atoms in total. The van der Waals surface area contributed by atoms with Gasteiger partial charge in [-0.2, -0.15) is 0 Å². The molecule has 1 aromatic heterocycles. The molecule has 0 radical (unpaired) electrons. The number of aromatic nitrogens is 1. The second-order valence-corrected chi connectivity index (χ2v) is 4.65. The van der Waals surface area contributed by atoms with Crippen LogP contribution in [0.1, 0.15) is 24.1 Å². The zero-order valence-corrected chi connectivity index (χ0v) is 12.5. The Balaban J connectivity index is 2.22. The highest BCUT2D eigenvalue weighted by atomic mass is 16.5. The molecule has 112 valence electrons. The molecular weight excluding hydrogens is 268 g/mol. The fourth-order valence-corrected chi connectivity index (χ4v) is 2.02. The fourth-order valence-electron chi connectivity index (χ4n) is 2.02. The molecule has 1 atom stereocenters. The van der Waals surface area contributed by atoms with Crippen molar-refractivity contribution in [1.29, 1.82) is 0 Å². The van der Waals surface area contributed by atoms with Crippen LogP contribution in [0.25, 0.3) is 0 Å². The van der Waals surface area contributed by atoms with Crippen LogP contribution >= 0.6 is 0 Å². The van der Waals surface area contributed by atoms with Gasteiger partial charge in [-0.1, -0.05) is 6.07 Å². The van der Waals surface area contributed by atoms with E-state index in [0.29, 0.717) is 18.2 Å². The molecule has 0 bridgehead atoms. The average Bonchev–Trinajstić information content (AvgIpc) is 2.52. The Hall–Kier alpha value is -2.27. The normalized spacial score (nSPS) is 11.8. The van der Waals surface area contributed by atoms with Gasteiger partial charge in [-0.3, -0.25) is 0 Å². The highest BCUT2D eigenvalue weighted by Gasteiger charge is 2.11. The number of benzene rings is 1. The summed E-state index contributed by atoms with van der Waals surface area (Å²) in [5, 5.41) is 0. The second kappa shape index (κ2) is 6.95. The molecule has 0 unspecified atom stereocenters. The highest BCUT2D eigenvalue weighted by Crippen LogP contribution is 2.29. The Labute approximate surface area is 124 Å². The largest absolute Gasteiger partial charge is 0.497 e. The molecule has 5 heteroatoms. The van der Waals surface area contributed by atoms with Crippen LogP contribution in [-0.2, 0) is 6.61 Å². The lowest BCUT2D eigenvalue weighted by atomic mass is 10.1. The standard InChI is InChI=1S/C16H20N2O3/c1-11(17)14-7-6-13(19-2)9-15(14)21-10-12-5-4-8-18-16(12)20-3/h4-9,11H,10,17H2,1-3H3/t11-/m0/s1. The summed E-state index contributed by atoms with van der Waals surface area (Å²) < 4.78 is 16.3. The first kappa shape index (κ1) is 15.1. The zero-order chi connectivity index (χ0) is 15.2.